The molecule has 2 aromatic rings. The summed E-state index contributed by atoms with van der Waals surface area (Å²) in [7, 11) is 0. The third kappa shape index (κ3) is 10.4. The average Bonchev–Trinajstić information content (AvgIpc) is 2.70. The summed E-state index contributed by atoms with van der Waals surface area (Å²) in [5.41, 5.74) is 2.44. The Labute approximate surface area is 195 Å². The van der Waals surface area contributed by atoms with Crippen molar-refractivity contribution in [2.24, 2.45) is 4.99 Å². The van der Waals surface area contributed by atoms with Gasteiger partial charge in [-0.1, -0.05) is 36.4 Å². The first-order valence-electron chi connectivity index (χ1n) is 9.24. The minimum atomic E-state index is -4.33. The standard InChI is InChI=1S/C20H23F3N4O3.HI/c1-2-24-19(26-12-16-7-9-18(10-8-16)27(28)29)25-11-15-3-5-17(6-4-15)13-30-14-20(21,22)23;/h3-10H,2,11-14H2,1H3,(H2,24,25,26);1H. The van der Waals surface area contributed by atoms with Crippen LogP contribution < -0.4 is 10.6 Å². The number of nitro benzene ring substituents is 1. The van der Waals surface area contributed by atoms with Crippen LogP contribution in [0.2, 0.25) is 0 Å². The average molecular weight is 552 g/mol. The van der Waals surface area contributed by atoms with Gasteiger partial charge in [0.15, 0.2) is 5.96 Å². The Balaban J connectivity index is 0.00000480. The molecule has 2 N–H and O–H groups in total. The Morgan fingerprint density at radius 1 is 1.03 bits per heavy atom. The van der Waals surface area contributed by atoms with Crippen LogP contribution >= 0.6 is 24.0 Å². The number of guanidine groups is 1. The van der Waals surface area contributed by atoms with Crippen molar-refractivity contribution < 1.29 is 22.8 Å². The maximum Gasteiger partial charge on any atom is 0.411 e. The lowest BCUT2D eigenvalue weighted by atomic mass is 10.1. The van der Waals surface area contributed by atoms with E-state index in [4.69, 9.17) is 0 Å². The van der Waals surface area contributed by atoms with E-state index >= 15 is 0 Å². The molecule has 0 heterocycles. The van der Waals surface area contributed by atoms with Crippen molar-refractivity contribution >= 4 is 35.6 Å². The Morgan fingerprint density at radius 3 is 2.16 bits per heavy atom. The molecule has 2 aromatic carbocycles. The molecule has 11 heteroatoms. The van der Waals surface area contributed by atoms with Crippen LogP contribution in [0.25, 0.3) is 0 Å². The van der Waals surface area contributed by atoms with E-state index in [1.165, 1.54) is 12.1 Å². The van der Waals surface area contributed by atoms with E-state index in [1.54, 1.807) is 36.4 Å². The molecule has 0 aliphatic rings. The monoisotopic (exact) mass is 552 g/mol. The van der Waals surface area contributed by atoms with E-state index in [-0.39, 0.29) is 36.3 Å². The second-order valence-electron chi connectivity index (χ2n) is 6.40. The largest absolute Gasteiger partial charge is 0.411 e. The van der Waals surface area contributed by atoms with Crippen LogP contribution in [0.15, 0.2) is 53.5 Å². The van der Waals surface area contributed by atoms with Crippen LogP contribution in [-0.4, -0.2) is 30.2 Å². The molecule has 0 bridgehead atoms. The number of rotatable bonds is 9. The van der Waals surface area contributed by atoms with Gasteiger partial charge in [-0.05, 0) is 23.6 Å². The number of alkyl halides is 3. The number of aliphatic imine (C=N–C) groups is 1. The Bertz CT molecular complexity index is 844. The van der Waals surface area contributed by atoms with Gasteiger partial charge in [-0.2, -0.15) is 13.2 Å². The molecule has 0 radical (unpaired) electrons. The topological polar surface area (TPSA) is 88.8 Å². The van der Waals surface area contributed by atoms with E-state index in [1.807, 2.05) is 6.92 Å². The molecule has 0 aliphatic heterocycles. The number of ether oxygens (including phenoxy) is 1. The van der Waals surface area contributed by atoms with Crippen LogP contribution in [0.3, 0.4) is 0 Å². The zero-order chi connectivity index (χ0) is 22.0. The van der Waals surface area contributed by atoms with Crippen LogP contribution in [0.1, 0.15) is 23.6 Å². The molecular formula is C20H24F3IN4O3. The van der Waals surface area contributed by atoms with Crippen LogP contribution in [-0.2, 0) is 24.4 Å². The van der Waals surface area contributed by atoms with Crippen molar-refractivity contribution in [1.82, 2.24) is 10.6 Å². The maximum absolute atomic E-state index is 12.1. The predicted molar refractivity (Wildman–Crippen MR) is 122 cm³/mol. The van der Waals surface area contributed by atoms with Gasteiger partial charge in [0, 0.05) is 25.2 Å². The number of nitro groups is 1. The van der Waals surface area contributed by atoms with Gasteiger partial charge in [0.05, 0.1) is 18.1 Å². The molecule has 0 saturated carbocycles. The van der Waals surface area contributed by atoms with E-state index in [0.29, 0.717) is 31.2 Å². The maximum atomic E-state index is 12.1. The number of hydrogen-bond acceptors (Lipinski definition) is 4. The summed E-state index contributed by atoms with van der Waals surface area (Å²) in [6.45, 7) is 2.02. The molecule has 7 nitrogen and oxygen atoms in total. The van der Waals surface area contributed by atoms with Crippen molar-refractivity contribution in [1.29, 1.82) is 0 Å². The summed E-state index contributed by atoms with van der Waals surface area (Å²) in [6.07, 6.45) is -4.33. The number of halogens is 4. The Morgan fingerprint density at radius 2 is 1.61 bits per heavy atom. The Hall–Kier alpha value is -2.41. The predicted octanol–water partition coefficient (Wildman–Crippen LogP) is 4.55. The normalized spacial score (nSPS) is 11.5. The zero-order valence-electron chi connectivity index (χ0n) is 16.8. The first kappa shape index (κ1) is 26.6. The Kier molecular flexibility index (Phi) is 11.3. The molecular weight excluding hydrogens is 528 g/mol. The van der Waals surface area contributed by atoms with Crippen LogP contribution in [0.4, 0.5) is 18.9 Å². The highest BCUT2D eigenvalue weighted by Gasteiger charge is 2.27. The fourth-order valence-corrected chi connectivity index (χ4v) is 2.46. The smallest absolute Gasteiger partial charge is 0.367 e. The van der Waals surface area contributed by atoms with Crippen LogP contribution in [0.5, 0.6) is 0 Å². The minimum absolute atomic E-state index is 0. The number of benzene rings is 2. The van der Waals surface area contributed by atoms with Crippen molar-refractivity contribution in [2.45, 2.75) is 32.8 Å². The van der Waals surface area contributed by atoms with Crippen LogP contribution in [0, 0.1) is 10.1 Å². The van der Waals surface area contributed by atoms with Gasteiger partial charge in [0.25, 0.3) is 5.69 Å². The summed E-state index contributed by atoms with van der Waals surface area (Å²) in [5, 5.41) is 17.0. The van der Waals surface area contributed by atoms with E-state index < -0.39 is 17.7 Å². The molecule has 0 fully saturated rings. The van der Waals surface area contributed by atoms with Gasteiger partial charge in [-0.15, -0.1) is 24.0 Å². The fourth-order valence-electron chi connectivity index (χ4n) is 2.46. The van der Waals surface area contributed by atoms with Gasteiger partial charge in [0.1, 0.15) is 6.61 Å². The van der Waals surface area contributed by atoms with Crippen molar-refractivity contribution in [3.63, 3.8) is 0 Å². The lowest BCUT2D eigenvalue weighted by molar-refractivity contribution is -0.384. The molecule has 0 aliphatic carbocycles. The molecule has 31 heavy (non-hydrogen) atoms. The van der Waals surface area contributed by atoms with Gasteiger partial charge in [-0.3, -0.25) is 10.1 Å². The number of hydrogen-bond donors (Lipinski definition) is 2. The number of nitrogens with zero attached hydrogens (tertiary/aromatic N) is 2. The lowest BCUT2D eigenvalue weighted by Crippen LogP contribution is -2.36. The minimum Gasteiger partial charge on any atom is -0.367 e. The first-order valence-corrected chi connectivity index (χ1v) is 9.24. The van der Waals surface area contributed by atoms with Gasteiger partial charge < -0.3 is 15.4 Å². The summed E-state index contributed by atoms with van der Waals surface area (Å²) < 4.78 is 40.9. The molecule has 0 unspecified atom stereocenters. The molecule has 2 rings (SSSR count). The second-order valence-corrected chi connectivity index (χ2v) is 6.40. The molecule has 0 saturated heterocycles. The third-order valence-corrected chi connectivity index (χ3v) is 3.93. The fraction of sp³-hybridized carbons (Fsp3) is 0.350. The van der Waals surface area contributed by atoms with Gasteiger partial charge in [0.2, 0.25) is 0 Å². The highest BCUT2D eigenvalue weighted by molar-refractivity contribution is 14.0. The molecule has 0 spiro atoms. The van der Waals surface area contributed by atoms with Gasteiger partial charge in [-0.25, -0.2) is 4.99 Å². The van der Waals surface area contributed by atoms with Crippen molar-refractivity contribution in [2.75, 3.05) is 13.2 Å². The van der Waals surface area contributed by atoms with Crippen molar-refractivity contribution in [3.05, 3.63) is 75.3 Å². The summed E-state index contributed by atoms with van der Waals surface area (Å²) in [6, 6.07) is 13.2. The van der Waals surface area contributed by atoms with Crippen molar-refractivity contribution in [3.8, 4) is 0 Å². The highest BCUT2D eigenvalue weighted by Crippen LogP contribution is 2.16. The molecule has 170 valence electrons. The van der Waals surface area contributed by atoms with E-state index in [0.717, 1.165) is 11.1 Å². The summed E-state index contributed by atoms with van der Waals surface area (Å²) in [5.74, 6) is 0.577. The number of nitrogens with one attached hydrogen (secondary N) is 2. The molecule has 0 amide bonds. The van der Waals surface area contributed by atoms with E-state index in [9.17, 15) is 23.3 Å². The number of non-ortho nitro benzene ring substituents is 1. The second kappa shape index (κ2) is 13.1. The molecule has 0 atom stereocenters. The lowest BCUT2D eigenvalue weighted by Gasteiger charge is -2.11. The third-order valence-electron chi connectivity index (χ3n) is 3.93. The first-order chi connectivity index (χ1) is 14.3. The highest BCUT2D eigenvalue weighted by atomic mass is 127. The zero-order valence-corrected chi connectivity index (χ0v) is 19.1. The quantitative estimate of drug-likeness (QED) is 0.157. The SMILES string of the molecule is CCNC(=NCc1ccc(COCC(F)(F)F)cc1)NCc1ccc([N+](=O)[O-])cc1.I. The van der Waals surface area contributed by atoms with E-state index in [2.05, 4.69) is 20.4 Å². The summed E-state index contributed by atoms with van der Waals surface area (Å²) in [4.78, 5) is 14.7. The van der Waals surface area contributed by atoms with Gasteiger partial charge >= 0.3 is 6.18 Å². The summed E-state index contributed by atoms with van der Waals surface area (Å²) >= 11 is 0. The molecule has 0 aromatic heterocycles.